The average molecular weight is 295 g/mol. The number of carbonyl (C=O) groups is 1. The van der Waals surface area contributed by atoms with E-state index >= 15 is 0 Å². The number of para-hydroxylation sites is 2. The number of aromatic nitrogens is 2. The third kappa shape index (κ3) is 2.30. The molecule has 0 aliphatic heterocycles. The minimum absolute atomic E-state index is 0.477. The maximum atomic E-state index is 11.6. The predicted octanol–water partition coefficient (Wildman–Crippen LogP) is 3.32. The van der Waals surface area contributed by atoms with E-state index in [9.17, 15) is 9.90 Å². The first-order valence-corrected chi connectivity index (χ1v) is 7.17. The third-order valence-corrected chi connectivity index (χ3v) is 3.72. The summed E-state index contributed by atoms with van der Waals surface area (Å²) in [5.41, 5.74) is 8.89. The van der Waals surface area contributed by atoms with Gasteiger partial charge in [0.15, 0.2) is 0 Å². The summed E-state index contributed by atoms with van der Waals surface area (Å²) in [6, 6.07) is 14.2. The van der Waals surface area contributed by atoms with Crippen LogP contribution >= 0.6 is 0 Å². The van der Waals surface area contributed by atoms with Gasteiger partial charge in [0.1, 0.15) is 11.9 Å². The molecular formula is C17H17N3O2. The van der Waals surface area contributed by atoms with Crippen LogP contribution in [0.1, 0.15) is 19.4 Å². The number of benzene rings is 2. The number of rotatable bonds is 4. The molecule has 0 amide bonds. The molecule has 5 nitrogen and oxygen atoms in total. The standard InChI is InChI=1S/C17H17N3O2/c1-2-14(17(21)22)20-15-9-4-3-8-13(15)19-16(20)11-6-5-7-12(18)10-11/h3-10,14H,2,18H2,1H3,(H,21,22). The van der Waals surface area contributed by atoms with Crippen molar-refractivity contribution in [1.82, 2.24) is 9.55 Å². The molecule has 0 aliphatic rings. The summed E-state index contributed by atoms with van der Waals surface area (Å²) >= 11 is 0. The van der Waals surface area contributed by atoms with Crippen LogP contribution in [0.25, 0.3) is 22.4 Å². The van der Waals surface area contributed by atoms with Gasteiger partial charge in [0, 0.05) is 11.3 Å². The third-order valence-electron chi connectivity index (χ3n) is 3.72. The zero-order valence-corrected chi connectivity index (χ0v) is 12.2. The predicted molar refractivity (Wildman–Crippen MR) is 86.5 cm³/mol. The molecule has 112 valence electrons. The monoisotopic (exact) mass is 295 g/mol. The summed E-state index contributed by atoms with van der Waals surface area (Å²) in [4.78, 5) is 16.3. The molecule has 3 rings (SSSR count). The zero-order valence-electron chi connectivity index (χ0n) is 12.2. The summed E-state index contributed by atoms with van der Waals surface area (Å²) in [7, 11) is 0. The van der Waals surface area contributed by atoms with Gasteiger partial charge in [-0.05, 0) is 30.7 Å². The van der Waals surface area contributed by atoms with Crippen LogP contribution in [0.15, 0.2) is 48.5 Å². The molecule has 1 heterocycles. The highest BCUT2D eigenvalue weighted by atomic mass is 16.4. The molecule has 1 aromatic heterocycles. The molecule has 0 spiro atoms. The second-order valence-electron chi connectivity index (χ2n) is 5.18. The summed E-state index contributed by atoms with van der Waals surface area (Å²) in [6.07, 6.45) is 0.477. The van der Waals surface area contributed by atoms with E-state index in [0.717, 1.165) is 16.6 Å². The molecule has 1 atom stereocenters. The molecule has 22 heavy (non-hydrogen) atoms. The van der Waals surface area contributed by atoms with Crippen molar-refractivity contribution in [1.29, 1.82) is 0 Å². The van der Waals surface area contributed by atoms with Crippen LogP contribution in [0.5, 0.6) is 0 Å². The highest BCUT2D eigenvalue weighted by Gasteiger charge is 2.24. The Morgan fingerprint density at radius 2 is 2.05 bits per heavy atom. The summed E-state index contributed by atoms with van der Waals surface area (Å²) in [5, 5.41) is 9.56. The van der Waals surface area contributed by atoms with E-state index in [1.807, 2.05) is 49.4 Å². The van der Waals surface area contributed by atoms with Gasteiger partial charge in [0.05, 0.1) is 11.0 Å². The summed E-state index contributed by atoms with van der Waals surface area (Å²) < 4.78 is 1.78. The number of carboxylic acids is 1. The number of anilines is 1. The lowest BCUT2D eigenvalue weighted by Crippen LogP contribution is -2.19. The van der Waals surface area contributed by atoms with Crippen molar-refractivity contribution < 1.29 is 9.90 Å². The number of fused-ring (bicyclic) bond motifs is 1. The highest BCUT2D eigenvalue weighted by molar-refractivity contribution is 5.84. The number of aliphatic carboxylic acids is 1. The number of nitrogens with zero attached hydrogens (tertiary/aromatic N) is 2. The van der Waals surface area contributed by atoms with E-state index in [1.165, 1.54) is 0 Å². The van der Waals surface area contributed by atoms with Gasteiger partial charge >= 0.3 is 5.97 Å². The van der Waals surface area contributed by atoms with E-state index in [1.54, 1.807) is 10.6 Å². The normalized spacial score (nSPS) is 12.4. The lowest BCUT2D eigenvalue weighted by atomic mass is 10.1. The first kappa shape index (κ1) is 14.1. The number of hydrogen-bond acceptors (Lipinski definition) is 3. The Morgan fingerprint density at radius 1 is 1.27 bits per heavy atom. The van der Waals surface area contributed by atoms with Gasteiger partial charge in [0.25, 0.3) is 0 Å². The van der Waals surface area contributed by atoms with Gasteiger partial charge in [-0.2, -0.15) is 0 Å². The Kier molecular flexibility index (Phi) is 3.55. The number of nitrogens with two attached hydrogens (primary N) is 1. The Bertz CT molecular complexity index is 839. The number of imidazole rings is 1. The van der Waals surface area contributed by atoms with Gasteiger partial charge in [-0.1, -0.05) is 31.2 Å². The van der Waals surface area contributed by atoms with Crippen LogP contribution in [-0.2, 0) is 4.79 Å². The van der Waals surface area contributed by atoms with Crippen molar-refractivity contribution in [3.8, 4) is 11.4 Å². The molecule has 1 unspecified atom stereocenters. The van der Waals surface area contributed by atoms with Crippen LogP contribution in [0.3, 0.4) is 0 Å². The van der Waals surface area contributed by atoms with Gasteiger partial charge < -0.3 is 15.4 Å². The smallest absolute Gasteiger partial charge is 0.326 e. The Balaban J connectivity index is 2.31. The van der Waals surface area contributed by atoms with Gasteiger partial charge in [-0.3, -0.25) is 0 Å². The maximum absolute atomic E-state index is 11.6. The lowest BCUT2D eigenvalue weighted by molar-refractivity contribution is -0.140. The van der Waals surface area contributed by atoms with Crippen molar-refractivity contribution in [2.24, 2.45) is 0 Å². The van der Waals surface area contributed by atoms with Crippen LogP contribution < -0.4 is 5.73 Å². The molecule has 0 saturated carbocycles. The Morgan fingerprint density at radius 3 is 2.73 bits per heavy atom. The molecule has 0 aliphatic carbocycles. The second kappa shape index (κ2) is 5.52. The molecule has 3 aromatic rings. The molecule has 2 aromatic carbocycles. The van der Waals surface area contributed by atoms with E-state index in [-0.39, 0.29) is 0 Å². The fourth-order valence-electron chi connectivity index (χ4n) is 2.71. The van der Waals surface area contributed by atoms with Gasteiger partial charge in [-0.15, -0.1) is 0 Å². The van der Waals surface area contributed by atoms with Crippen LogP contribution in [0.2, 0.25) is 0 Å². The van der Waals surface area contributed by atoms with Crippen molar-refractivity contribution in [2.75, 3.05) is 5.73 Å². The molecule has 0 fully saturated rings. The van der Waals surface area contributed by atoms with Gasteiger partial charge in [0.2, 0.25) is 0 Å². The first-order chi connectivity index (χ1) is 10.6. The Labute approximate surface area is 128 Å². The topological polar surface area (TPSA) is 81.1 Å². The molecule has 3 N–H and O–H groups in total. The maximum Gasteiger partial charge on any atom is 0.326 e. The second-order valence-corrected chi connectivity index (χ2v) is 5.18. The highest BCUT2D eigenvalue weighted by Crippen LogP contribution is 2.30. The molecular weight excluding hydrogens is 278 g/mol. The lowest BCUT2D eigenvalue weighted by Gasteiger charge is -2.16. The summed E-state index contributed by atoms with van der Waals surface area (Å²) in [5.74, 6) is -0.237. The van der Waals surface area contributed by atoms with Crippen molar-refractivity contribution in [3.63, 3.8) is 0 Å². The largest absolute Gasteiger partial charge is 0.480 e. The fraction of sp³-hybridized carbons (Fsp3) is 0.176. The van der Waals surface area contributed by atoms with E-state index in [2.05, 4.69) is 4.98 Å². The Hall–Kier alpha value is -2.82. The molecule has 5 heteroatoms. The number of nitrogen functional groups attached to an aromatic ring is 1. The fourth-order valence-corrected chi connectivity index (χ4v) is 2.71. The zero-order chi connectivity index (χ0) is 15.7. The van der Waals surface area contributed by atoms with Crippen molar-refractivity contribution in [3.05, 3.63) is 48.5 Å². The SMILES string of the molecule is CCC(C(=O)O)n1c(-c2cccc(N)c2)nc2ccccc21. The van der Waals surface area contributed by atoms with Crippen molar-refractivity contribution in [2.45, 2.75) is 19.4 Å². The van der Waals surface area contributed by atoms with E-state index < -0.39 is 12.0 Å². The average Bonchev–Trinajstić information content (AvgIpc) is 2.87. The minimum Gasteiger partial charge on any atom is -0.480 e. The quantitative estimate of drug-likeness (QED) is 0.723. The van der Waals surface area contributed by atoms with Crippen LogP contribution in [0.4, 0.5) is 5.69 Å². The first-order valence-electron chi connectivity index (χ1n) is 7.17. The minimum atomic E-state index is -0.865. The number of hydrogen-bond donors (Lipinski definition) is 2. The van der Waals surface area contributed by atoms with Gasteiger partial charge in [-0.25, -0.2) is 9.78 Å². The molecule has 0 saturated heterocycles. The molecule has 0 radical (unpaired) electrons. The molecule has 0 bridgehead atoms. The van der Waals surface area contributed by atoms with Crippen molar-refractivity contribution >= 4 is 22.7 Å². The summed E-state index contributed by atoms with van der Waals surface area (Å²) in [6.45, 7) is 1.86. The van der Waals surface area contributed by atoms with E-state index in [4.69, 9.17) is 5.73 Å². The van der Waals surface area contributed by atoms with Crippen LogP contribution in [-0.4, -0.2) is 20.6 Å². The number of carboxylic acid groups (broad SMARTS) is 1. The van der Waals surface area contributed by atoms with Crippen LogP contribution in [0, 0.1) is 0 Å². The van der Waals surface area contributed by atoms with E-state index in [0.29, 0.717) is 17.9 Å².